The fourth-order valence-corrected chi connectivity index (χ4v) is 2.50. The summed E-state index contributed by atoms with van der Waals surface area (Å²) in [5.74, 6) is -0.164. The molecule has 3 amide bonds. The van der Waals surface area contributed by atoms with Crippen molar-refractivity contribution in [3.63, 3.8) is 0 Å². The van der Waals surface area contributed by atoms with Crippen molar-refractivity contribution in [1.29, 1.82) is 0 Å². The van der Waals surface area contributed by atoms with E-state index < -0.39 is 0 Å². The van der Waals surface area contributed by atoms with Crippen LogP contribution in [-0.2, 0) is 9.59 Å². The number of rotatable bonds is 6. The molecule has 0 spiro atoms. The molecule has 24 heavy (non-hydrogen) atoms. The highest BCUT2D eigenvalue weighted by Gasteiger charge is 2.17. The average Bonchev–Trinajstić information content (AvgIpc) is 2.64. The molecule has 0 aromatic heterocycles. The van der Waals surface area contributed by atoms with Crippen LogP contribution in [0.1, 0.15) is 29.6 Å². The minimum atomic E-state index is -0.387. The average molecular weight is 333 g/mol. The van der Waals surface area contributed by atoms with Crippen LogP contribution in [0.4, 0.5) is 0 Å². The first kappa shape index (κ1) is 17.8. The highest BCUT2D eigenvalue weighted by molar-refractivity contribution is 5.96. The molecule has 1 aromatic carbocycles. The molecule has 2 N–H and O–H groups in total. The Bertz CT molecular complexity index is 580. The van der Waals surface area contributed by atoms with Gasteiger partial charge in [-0.05, 0) is 43.5 Å². The number of likely N-dealkylation sites (tertiary alicyclic amines) is 1. The molecule has 0 bridgehead atoms. The zero-order chi connectivity index (χ0) is 17.4. The summed E-state index contributed by atoms with van der Waals surface area (Å²) >= 11 is 0. The minimum absolute atomic E-state index is 0.0305. The second-order valence-corrected chi connectivity index (χ2v) is 5.63. The van der Waals surface area contributed by atoms with E-state index in [2.05, 4.69) is 10.6 Å². The van der Waals surface area contributed by atoms with Gasteiger partial charge in [0.05, 0.1) is 20.2 Å². The van der Waals surface area contributed by atoms with E-state index in [4.69, 9.17) is 4.74 Å². The Hall–Kier alpha value is -2.57. The van der Waals surface area contributed by atoms with Crippen molar-refractivity contribution in [1.82, 2.24) is 15.5 Å². The summed E-state index contributed by atoms with van der Waals surface area (Å²) in [6.07, 6.45) is 3.17. The first-order chi connectivity index (χ1) is 11.6. The molecule has 0 atom stereocenters. The van der Waals surface area contributed by atoms with Gasteiger partial charge in [0, 0.05) is 18.7 Å². The van der Waals surface area contributed by atoms with Crippen molar-refractivity contribution in [2.24, 2.45) is 0 Å². The SMILES string of the molecule is COc1ccc(C(=O)NCC(=O)NCC(=O)N2CCCCC2)cc1. The van der Waals surface area contributed by atoms with E-state index in [1.807, 2.05) is 0 Å². The van der Waals surface area contributed by atoms with E-state index in [-0.39, 0.29) is 30.8 Å². The lowest BCUT2D eigenvalue weighted by Crippen LogP contribution is -2.45. The Morgan fingerprint density at radius 3 is 2.29 bits per heavy atom. The van der Waals surface area contributed by atoms with Gasteiger partial charge >= 0.3 is 0 Å². The zero-order valence-corrected chi connectivity index (χ0v) is 13.8. The summed E-state index contributed by atoms with van der Waals surface area (Å²) in [5, 5.41) is 5.06. The largest absolute Gasteiger partial charge is 0.497 e. The number of piperidine rings is 1. The number of nitrogens with one attached hydrogen (secondary N) is 2. The summed E-state index contributed by atoms with van der Waals surface area (Å²) in [6.45, 7) is 1.31. The summed E-state index contributed by atoms with van der Waals surface area (Å²) < 4.78 is 5.02. The fourth-order valence-electron chi connectivity index (χ4n) is 2.50. The number of carbonyl (C=O) groups excluding carboxylic acids is 3. The lowest BCUT2D eigenvalue weighted by atomic mass is 10.1. The number of amides is 3. The van der Waals surface area contributed by atoms with Crippen molar-refractivity contribution in [2.75, 3.05) is 33.3 Å². The first-order valence-corrected chi connectivity index (χ1v) is 8.07. The van der Waals surface area contributed by atoms with Crippen molar-refractivity contribution in [3.8, 4) is 5.75 Å². The van der Waals surface area contributed by atoms with Gasteiger partial charge in [0.15, 0.2) is 0 Å². The van der Waals surface area contributed by atoms with Crippen molar-refractivity contribution in [2.45, 2.75) is 19.3 Å². The summed E-state index contributed by atoms with van der Waals surface area (Å²) in [7, 11) is 1.55. The van der Waals surface area contributed by atoms with Gasteiger partial charge in [-0.3, -0.25) is 14.4 Å². The van der Waals surface area contributed by atoms with Gasteiger partial charge < -0.3 is 20.3 Å². The monoisotopic (exact) mass is 333 g/mol. The maximum Gasteiger partial charge on any atom is 0.251 e. The first-order valence-electron chi connectivity index (χ1n) is 8.07. The highest BCUT2D eigenvalue weighted by Crippen LogP contribution is 2.11. The van der Waals surface area contributed by atoms with Crippen molar-refractivity contribution in [3.05, 3.63) is 29.8 Å². The molecule has 7 heteroatoms. The molecule has 0 unspecified atom stereocenters. The predicted molar refractivity (Wildman–Crippen MR) is 88.8 cm³/mol. The van der Waals surface area contributed by atoms with Gasteiger partial charge in [-0.15, -0.1) is 0 Å². The van der Waals surface area contributed by atoms with Crippen LogP contribution in [0.3, 0.4) is 0 Å². The van der Waals surface area contributed by atoms with Crippen LogP contribution in [0.5, 0.6) is 5.75 Å². The molecule has 130 valence electrons. The molecule has 1 aliphatic heterocycles. The molecule has 1 aliphatic rings. The molecule has 1 fully saturated rings. The molecule has 7 nitrogen and oxygen atoms in total. The number of benzene rings is 1. The van der Waals surface area contributed by atoms with E-state index in [0.29, 0.717) is 11.3 Å². The van der Waals surface area contributed by atoms with E-state index >= 15 is 0 Å². The van der Waals surface area contributed by atoms with Gasteiger partial charge in [-0.2, -0.15) is 0 Å². The number of nitrogens with zero attached hydrogens (tertiary/aromatic N) is 1. The van der Waals surface area contributed by atoms with Crippen LogP contribution in [-0.4, -0.2) is 55.9 Å². The smallest absolute Gasteiger partial charge is 0.251 e. The van der Waals surface area contributed by atoms with Crippen molar-refractivity contribution >= 4 is 17.7 Å². The zero-order valence-electron chi connectivity index (χ0n) is 13.8. The Kier molecular flexibility index (Phi) is 6.60. The lowest BCUT2D eigenvalue weighted by molar-refractivity contribution is -0.133. The second kappa shape index (κ2) is 8.90. The summed E-state index contributed by atoms with van der Waals surface area (Å²) in [5.41, 5.74) is 0.438. The summed E-state index contributed by atoms with van der Waals surface area (Å²) in [6, 6.07) is 6.58. The maximum atomic E-state index is 11.9. The van der Waals surface area contributed by atoms with Crippen LogP contribution < -0.4 is 15.4 Å². The van der Waals surface area contributed by atoms with Crippen LogP contribution >= 0.6 is 0 Å². The number of carbonyl (C=O) groups is 3. The van der Waals surface area contributed by atoms with Crippen LogP contribution in [0.15, 0.2) is 24.3 Å². The third-order valence-electron chi connectivity index (χ3n) is 3.91. The molecule has 0 radical (unpaired) electrons. The number of hydrogen-bond donors (Lipinski definition) is 2. The standard InChI is InChI=1S/C17H23N3O4/c1-24-14-7-5-13(6-8-14)17(23)19-11-15(21)18-12-16(22)20-9-3-2-4-10-20/h5-8H,2-4,9-12H2,1H3,(H,18,21)(H,19,23). The topological polar surface area (TPSA) is 87.7 Å². The summed E-state index contributed by atoms with van der Waals surface area (Å²) in [4.78, 5) is 37.4. The normalized spacial score (nSPS) is 14.0. The molecule has 1 saturated heterocycles. The quantitative estimate of drug-likeness (QED) is 0.796. The molecule has 1 aromatic rings. The Balaban J connectivity index is 1.70. The highest BCUT2D eigenvalue weighted by atomic mass is 16.5. The number of ether oxygens (including phenoxy) is 1. The van der Waals surface area contributed by atoms with Gasteiger partial charge in [-0.1, -0.05) is 0 Å². The van der Waals surface area contributed by atoms with E-state index in [1.165, 1.54) is 0 Å². The Morgan fingerprint density at radius 2 is 1.67 bits per heavy atom. The molecule has 0 aliphatic carbocycles. The number of methoxy groups -OCH3 is 1. The maximum absolute atomic E-state index is 11.9. The second-order valence-electron chi connectivity index (χ2n) is 5.63. The fraction of sp³-hybridized carbons (Fsp3) is 0.471. The molecular weight excluding hydrogens is 310 g/mol. The third-order valence-corrected chi connectivity index (χ3v) is 3.91. The molecule has 0 saturated carbocycles. The van der Waals surface area contributed by atoms with Gasteiger partial charge in [-0.25, -0.2) is 0 Å². The van der Waals surface area contributed by atoms with Gasteiger partial charge in [0.1, 0.15) is 5.75 Å². The molecule has 1 heterocycles. The number of hydrogen-bond acceptors (Lipinski definition) is 4. The Labute approximate surface area is 141 Å². The van der Waals surface area contributed by atoms with E-state index in [1.54, 1.807) is 36.3 Å². The van der Waals surface area contributed by atoms with Crippen molar-refractivity contribution < 1.29 is 19.1 Å². The predicted octanol–water partition coefficient (Wildman–Crippen LogP) is 0.554. The van der Waals surface area contributed by atoms with Crippen LogP contribution in [0.25, 0.3) is 0 Å². The Morgan fingerprint density at radius 1 is 1.00 bits per heavy atom. The minimum Gasteiger partial charge on any atom is -0.497 e. The lowest BCUT2D eigenvalue weighted by Gasteiger charge is -2.26. The third kappa shape index (κ3) is 5.26. The van der Waals surface area contributed by atoms with E-state index in [0.717, 1.165) is 32.4 Å². The van der Waals surface area contributed by atoms with E-state index in [9.17, 15) is 14.4 Å². The van der Waals surface area contributed by atoms with Crippen LogP contribution in [0, 0.1) is 0 Å². The molecular formula is C17H23N3O4. The van der Waals surface area contributed by atoms with Crippen LogP contribution in [0.2, 0.25) is 0 Å². The van der Waals surface area contributed by atoms with Gasteiger partial charge in [0.2, 0.25) is 11.8 Å². The van der Waals surface area contributed by atoms with Gasteiger partial charge in [0.25, 0.3) is 5.91 Å². The molecule has 2 rings (SSSR count).